The fourth-order valence-corrected chi connectivity index (χ4v) is 5.42. The summed E-state index contributed by atoms with van der Waals surface area (Å²) in [6, 6.07) is 0.513. The molecule has 2 fully saturated rings. The zero-order valence-electron chi connectivity index (χ0n) is 12.2. The van der Waals surface area contributed by atoms with Crippen LogP contribution in [0.3, 0.4) is 0 Å². The fourth-order valence-electron chi connectivity index (χ4n) is 2.74. The largest absolute Gasteiger partial charge is 0.339 e. The highest BCUT2D eigenvalue weighted by Gasteiger charge is 2.33. The van der Waals surface area contributed by atoms with Crippen molar-refractivity contribution in [2.75, 3.05) is 18.1 Å². The highest BCUT2D eigenvalue weighted by molar-refractivity contribution is 8.06. The molecule has 3 rings (SSSR count). The lowest BCUT2D eigenvalue weighted by atomic mass is 10.1. The Bertz CT molecular complexity index is 436. The summed E-state index contributed by atoms with van der Waals surface area (Å²) in [5, 5.41) is 8.76. The van der Waals surface area contributed by atoms with E-state index >= 15 is 0 Å². The van der Waals surface area contributed by atoms with E-state index in [0.29, 0.717) is 16.5 Å². The van der Waals surface area contributed by atoms with Crippen molar-refractivity contribution in [3.8, 4) is 0 Å². The van der Waals surface area contributed by atoms with E-state index in [9.17, 15) is 0 Å². The first-order valence-electron chi connectivity index (χ1n) is 7.57. The van der Waals surface area contributed by atoms with Crippen LogP contribution in [0.25, 0.3) is 0 Å². The molecule has 1 saturated heterocycles. The molecule has 0 radical (unpaired) electrons. The monoisotopic (exact) mass is 313 g/mol. The maximum absolute atomic E-state index is 5.50. The van der Waals surface area contributed by atoms with Gasteiger partial charge >= 0.3 is 0 Å². The first-order chi connectivity index (χ1) is 9.78. The minimum Gasteiger partial charge on any atom is -0.339 e. The maximum Gasteiger partial charge on any atom is 0.228 e. The molecule has 0 amide bonds. The van der Waals surface area contributed by atoms with Gasteiger partial charge in [0.15, 0.2) is 5.82 Å². The SMILES string of the molecule is CCNC(Cc1nc(C2SCCSC2C)no1)C1CC1. The van der Waals surface area contributed by atoms with Crippen molar-refractivity contribution in [1.29, 1.82) is 0 Å². The lowest BCUT2D eigenvalue weighted by molar-refractivity contribution is 0.344. The highest BCUT2D eigenvalue weighted by atomic mass is 32.2. The van der Waals surface area contributed by atoms with Gasteiger partial charge in [-0.05, 0) is 25.3 Å². The Morgan fingerprint density at radius 1 is 1.35 bits per heavy atom. The highest BCUT2D eigenvalue weighted by Crippen LogP contribution is 2.41. The van der Waals surface area contributed by atoms with E-state index in [-0.39, 0.29) is 0 Å². The van der Waals surface area contributed by atoms with Gasteiger partial charge < -0.3 is 9.84 Å². The molecule has 3 unspecified atom stereocenters. The van der Waals surface area contributed by atoms with E-state index in [1.807, 2.05) is 23.5 Å². The van der Waals surface area contributed by atoms with Gasteiger partial charge in [0.25, 0.3) is 0 Å². The van der Waals surface area contributed by atoms with E-state index in [1.54, 1.807) is 0 Å². The zero-order valence-corrected chi connectivity index (χ0v) is 13.8. The van der Waals surface area contributed by atoms with Crippen molar-refractivity contribution in [3.63, 3.8) is 0 Å². The number of aromatic nitrogens is 2. The lowest BCUT2D eigenvalue weighted by Crippen LogP contribution is -2.33. The van der Waals surface area contributed by atoms with E-state index in [4.69, 9.17) is 4.52 Å². The molecule has 20 heavy (non-hydrogen) atoms. The van der Waals surface area contributed by atoms with Crippen LogP contribution in [0.1, 0.15) is 43.7 Å². The predicted molar refractivity (Wildman–Crippen MR) is 85.3 cm³/mol. The first kappa shape index (κ1) is 14.7. The van der Waals surface area contributed by atoms with Crippen molar-refractivity contribution in [1.82, 2.24) is 15.5 Å². The lowest BCUT2D eigenvalue weighted by Gasteiger charge is -2.24. The number of thioether (sulfide) groups is 2. The second-order valence-corrected chi connectivity index (χ2v) is 8.35. The van der Waals surface area contributed by atoms with Gasteiger partial charge in [0.2, 0.25) is 5.89 Å². The first-order valence-corrected chi connectivity index (χ1v) is 9.66. The molecule has 1 N–H and O–H groups in total. The van der Waals surface area contributed by atoms with Crippen LogP contribution in [0, 0.1) is 5.92 Å². The van der Waals surface area contributed by atoms with Gasteiger partial charge in [-0.3, -0.25) is 0 Å². The fraction of sp³-hybridized carbons (Fsp3) is 0.857. The Balaban J connectivity index is 1.63. The van der Waals surface area contributed by atoms with Crippen molar-refractivity contribution >= 4 is 23.5 Å². The third-order valence-corrected chi connectivity index (χ3v) is 7.06. The summed E-state index contributed by atoms with van der Waals surface area (Å²) in [6.45, 7) is 5.43. The number of nitrogens with zero attached hydrogens (tertiary/aromatic N) is 2. The molecule has 0 aromatic carbocycles. The van der Waals surface area contributed by atoms with Gasteiger partial charge in [-0.1, -0.05) is 19.0 Å². The van der Waals surface area contributed by atoms with Crippen LogP contribution in [0.4, 0.5) is 0 Å². The van der Waals surface area contributed by atoms with Crippen molar-refractivity contribution in [2.24, 2.45) is 5.92 Å². The van der Waals surface area contributed by atoms with Gasteiger partial charge in [-0.25, -0.2) is 0 Å². The smallest absolute Gasteiger partial charge is 0.228 e. The molecule has 6 heteroatoms. The van der Waals surface area contributed by atoms with Crippen LogP contribution in [-0.2, 0) is 6.42 Å². The Kier molecular flexibility index (Phi) is 4.94. The van der Waals surface area contributed by atoms with Crippen LogP contribution in [-0.4, -0.2) is 39.5 Å². The summed E-state index contributed by atoms with van der Waals surface area (Å²) in [6.07, 6.45) is 3.56. The molecular weight excluding hydrogens is 290 g/mol. The van der Waals surface area contributed by atoms with Crippen LogP contribution in [0.15, 0.2) is 4.52 Å². The minimum absolute atomic E-state index is 0.393. The number of rotatable bonds is 6. The molecule has 0 bridgehead atoms. The van der Waals surface area contributed by atoms with E-state index < -0.39 is 0 Å². The Morgan fingerprint density at radius 3 is 2.85 bits per heavy atom. The molecule has 2 aliphatic rings. The average molecular weight is 313 g/mol. The summed E-state index contributed by atoms with van der Waals surface area (Å²) >= 11 is 3.98. The van der Waals surface area contributed by atoms with Crippen LogP contribution >= 0.6 is 23.5 Å². The molecular formula is C14H23N3OS2. The maximum atomic E-state index is 5.50. The average Bonchev–Trinajstić information content (AvgIpc) is 3.20. The van der Waals surface area contributed by atoms with Crippen molar-refractivity contribution in [2.45, 2.75) is 49.7 Å². The topological polar surface area (TPSA) is 51.0 Å². The minimum atomic E-state index is 0.393. The molecule has 0 spiro atoms. The van der Waals surface area contributed by atoms with Gasteiger partial charge in [0.05, 0.1) is 5.25 Å². The summed E-state index contributed by atoms with van der Waals surface area (Å²) in [7, 11) is 0. The molecule has 1 aliphatic carbocycles. The van der Waals surface area contributed by atoms with Crippen LogP contribution in [0.2, 0.25) is 0 Å². The standard InChI is InChI=1S/C14H23N3OS2/c1-3-15-11(10-4-5-10)8-12-16-14(17-18-12)13-9(2)19-6-7-20-13/h9-11,13,15H,3-8H2,1-2H3. The van der Waals surface area contributed by atoms with Gasteiger partial charge in [0.1, 0.15) is 0 Å². The summed E-state index contributed by atoms with van der Waals surface area (Å²) in [5.74, 6) is 4.93. The zero-order chi connectivity index (χ0) is 13.9. The Morgan fingerprint density at radius 2 is 2.15 bits per heavy atom. The molecule has 1 aromatic rings. The predicted octanol–water partition coefficient (Wildman–Crippen LogP) is 2.91. The van der Waals surface area contributed by atoms with Crippen LogP contribution < -0.4 is 5.32 Å². The quantitative estimate of drug-likeness (QED) is 0.871. The van der Waals surface area contributed by atoms with Gasteiger partial charge in [0, 0.05) is 29.2 Å². The van der Waals surface area contributed by atoms with Gasteiger partial charge in [-0.2, -0.15) is 16.7 Å². The van der Waals surface area contributed by atoms with Crippen molar-refractivity contribution < 1.29 is 4.52 Å². The van der Waals surface area contributed by atoms with E-state index in [0.717, 1.165) is 30.6 Å². The second-order valence-electron chi connectivity index (χ2n) is 5.62. The molecule has 1 aromatic heterocycles. The van der Waals surface area contributed by atoms with E-state index in [1.165, 1.54) is 24.3 Å². The van der Waals surface area contributed by atoms with E-state index in [2.05, 4.69) is 29.3 Å². The molecule has 4 nitrogen and oxygen atoms in total. The normalized spacial score (nSPS) is 28.5. The third kappa shape index (κ3) is 3.52. The molecule has 1 saturated carbocycles. The summed E-state index contributed by atoms with van der Waals surface area (Å²) in [4.78, 5) is 4.66. The molecule has 1 aliphatic heterocycles. The third-order valence-electron chi connectivity index (χ3n) is 3.98. The molecule has 2 heterocycles. The molecule has 112 valence electrons. The second kappa shape index (κ2) is 6.71. The Hall–Kier alpha value is -0.200. The molecule has 3 atom stereocenters. The number of hydrogen-bond acceptors (Lipinski definition) is 6. The summed E-state index contributed by atoms with van der Waals surface area (Å²) < 4.78 is 5.50. The van der Waals surface area contributed by atoms with Crippen molar-refractivity contribution in [3.05, 3.63) is 11.7 Å². The number of likely N-dealkylation sites (N-methyl/N-ethyl adjacent to an activating group) is 1. The number of nitrogens with one attached hydrogen (secondary N) is 1. The number of hydrogen-bond donors (Lipinski definition) is 1. The van der Waals surface area contributed by atoms with Crippen LogP contribution in [0.5, 0.6) is 0 Å². The van der Waals surface area contributed by atoms with Gasteiger partial charge in [-0.15, -0.1) is 11.8 Å². The summed E-state index contributed by atoms with van der Waals surface area (Å²) in [5.41, 5.74) is 0. The Labute approximate surface area is 129 Å².